The Labute approximate surface area is 130 Å². The van der Waals surface area contributed by atoms with Crippen LogP contribution in [0.4, 0.5) is 0 Å². The molecule has 0 saturated carbocycles. The first-order valence-corrected chi connectivity index (χ1v) is 7.17. The number of rotatable bonds is 5. The maximum Gasteiger partial charge on any atom is 0.254 e. The molecule has 0 aliphatic heterocycles. The molecule has 0 aromatic heterocycles. The van der Waals surface area contributed by atoms with Gasteiger partial charge in [0.1, 0.15) is 0 Å². The minimum Gasteiger partial charge on any atom is -0.330 e. The van der Waals surface area contributed by atoms with Gasteiger partial charge in [0.25, 0.3) is 5.91 Å². The van der Waals surface area contributed by atoms with E-state index in [4.69, 9.17) is 11.6 Å². The molecule has 0 N–H and O–H groups in total. The molecule has 0 radical (unpaired) electrons. The van der Waals surface area contributed by atoms with E-state index in [1.807, 2.05) is 37.3 Å². The van der Waals surface area contributed by atoms with Gasteiger partial charge in [-0.1, -0.05) is 54.1 Å². The lowest BCUT2D eigenvalue weighted by atomic mass is 10.1. The Hall–Kier alpha value is -2.06. The van der Waals surface area contributed by atoms with Gasteiger partial charge in [0.2, 0.25) is 0 Å². The fourth-order valence-corrected chi connectivity index (χ4v) is 2.23. The number of hydrogen-bond acceptors (Lipinski definition) is 1. The topological polar surface area (TPSA) is 20.3 Å². The maximum absolute atomic E-state index is 12.6. The number of benzene rings is 2. The van der Waals surface area contributed by atoms with Gasteiger partial charge in [-0.25, -0.2) is 0 Å². The van der Waals surface area contributed by atoms with Crippen molar-refractivity contribution < 1.29 is 4.79 Å². The lowest BCUT2D eigenvalue weighted by molar-refractivity contribution is 0.0758. The molecule has 1 amide bonds. The lowest BCUT2D eigenvalue weighted by Gasteiger charge is -2.23. The van der Waals surface area contributed by atoms with Gasteiger partial charge in [-0.2, -0.15) is 0 Å². The third-order valence-corrected chi connectivity index (χ3v) is 3.31. The maximum atomic E-state index is 12.6. The van der Waals surface area contributed by atoms with Crippen molar-refractivity contribution in [2.75, 3.05) is 6.54 Å². The highest BCUT2D eigenvalue weighted by molar-refractivity contribution is 6.30. The number of halogens is 1. The molecule has 2 aromatic carbocycles. The van der Waals surface area contributed by atoms with E-state index < -0.39 is 0 Å². The molecule has 0 bridgehead atoms. The molecular formula is C18H18ClNO. The number of carbonyl (C=O) groups excluding carboxylic acids is 1. The van der Waals surface area contributed by atoms with Crippen molar-refractivity contribution in [2.45, 2.75) is 13.5 Å². The van der Waals surface area contributed by atoms with Gasteiger partial charge in [-0.3, -0.25) is 4.79 Å². The van der Waals surface area contributed by atoms with Crippen LogP contribution >= 0.6 is 11.6 Å². The highest BCUT2D eigenvalue weighted by Gasteiger charge is 2.16. The standard InChI is InChI=1S/C18H18ClNO/c1-14(2)12-20(13-15-6-4-3-5-7-15)18(21)16-8-10-17(19)11-9-16/h3-11H,1,12-13H2,2H3. The summed E-state index contributed by atoms with van der Waals surface area (Å²) in [6.07, 6.45) is 0. The van der Waals surface area contributed by atoms with Crippen molar-refractivity contribution >= 4 is 17.5 Å². The van der Waals surface area contributed by atoms with Gasteiger partial charge in [-0.15, -0.1) is 0 Å². The van der Waals surface area contributed by atoms with E-state index in [9.17, 15) is 4.79 Å². The highest BCUT2D eigenvalue weighted by atomic mass is 35.5. The second-order valence-corrected chi connectivity index (χ2v) is 5.55. The highest BCUT2D eigenvalue weighted by Crippen LogP contribution is 2.14. The number of nitrogens with zero attached hydrogens (tertiary/aromatic N) is 1. The molecule has 2 rings (SSSR count). The summed E-state index contributed by atoms with van der Waals surface area (Å²) in [5.74, 6) is -0.0153. The molecule has 0 spiro atoms. The van der Waals surface area contributed by atoms with Crippen LogP contribution in [0.1, 0.15) is 22.8 Å². The van der Waals surface area contributed by atoms with Crippen LogP contribution in [0.2, 0.25) is 5.02 Å². The molecule has 0 heterocycles. The van der Waals surface area contributed by atoms with Crippen LogP contribution in [0, 0.1) is 0 Å². The van der Waals surface area contributed by atoms with Crippen molar-refractivity contribution in [3.05, 3.63) is 82.9 Å². The molecule has 0 aliphatic rings. The van der Waals surface area contributed by atoms with Gasteiger partial charge >= 0.3 is 0 Å². The number of carbonyl (C=O) groups is 1. The summed E-state index contributed by atoms with van der Waals surface area (Å²) < 4.78 is 0. The van der Waals surface area contributed by atoms with E-state index in [0.29, 0.717) is 23.7 Å². The Morgan fingerprint density at radius 2 is 1.71 bits per heavy atom. The van der Waals surface area contributed by atoms with Crippen LogP contribution in [0.15, 0.2) is 66.7 Å². The van der Waals surface area contributed by atoms with Crippen molar-refractivity contribution in [3.8, 4) is 0 Å². The van der Waals surface area contributed by atoms with Crippen LogP contribution in [-0.4, -0.2) is 17.4 Å². The van der Waals surface area contributed by atoms with Crippen LogP contribution < -0.4 is 0 Å². The second-order valence-electron chi connectivity index (χ2n) is 5.11. The molecule has 3 heteroatoms. The quantitative estimate of drug-likeness (QED) is 0.741. The molecule has 108 valence electrons. The monoisotopic (exact) mass is 299 g/mol. The number of hydrogen-bond donors (Lipinski definition) is 0. The summed E-state index contributed by atoms with van der Waals surface area (Å²) in [6.45, 7) is 6.94. The Bertz CT molecular complexity index is 619. The van der Waals surface area contributed by atoms with Crippen LogP contribution in [0.5, 0.6) is 0 Å². The van der Waals surface area contributed by atoms with E-state index in [1.165, 1.54) is 0 Å². The van der Waals surface area contributed by atoms with Crippen LogP contribution in [0.25, 0.3) is 0 Å². The average Bonchev–Trinajstić information content (AvgIpc) is 2.47. The third-order valence-electron chi connectivity index (χ3n) is 3.06. The zero-order valence-electron chi connectivity index (χ0n) is 12.1. The first-order chi connectivity index (χ1) is 10.1. The van der Waals surface area contributed by atoms with E-state index >= 15 is 0 Å². The smallest absolute Gasteiger partial charge is 0.254 e. The van der Waals surface area contributed by atoms with Gasteiger partial charge in [0, 0.05) is 23.7 Å². The van der Waals surface area contributed by atoms with E-state index in [2.05, 4.69) is 6.58 Å². The first-order valence-electron chi connectivity index (χ1n) is 6.79. The van der Waals surface area contributed by atoms with Crippen molar-refractivity contribution in [1.29, 1.82) is 0 Å². The van der Waals surface area contributed by atoms with E-state index in [1.54, 1.807) is 29.2 Å². The molecule has 2 aromatic rings. The molecule has 21 heavy (non-hydrogen) atoms. The SMILES string of the molecule is C=C(C)CN(Cc1ccccc1)C(=O)c1ccc(Cl)cc1. The van der Waals surface area contributed by atoms with Gasteiger partial charge in [0.05, 0.1) is 0 Å². The van der Waals surface area contributed by atoms with Crippen molar-refractivity contribution in [3.63, 3.8) is 0 Å². The summed E-state index contributed by atoms with van der Waals surface area (Å²) in [7, 11) is 0. The molecule has 2 nitrogen and oxygen atoms in total. The zero-order chi connectivity index (χ0) is 15.2. The predicted molar refractivity (Wildman–Crippen MR) is 87.4 cm³/mol. The first kappa shape index (κ1) is 15.3. The summed E-state index contributed by atoms with van der Waals surface area (Å²) in [4.78, 5) is 14.4. The van der Waals surface area contributed by atoms with Gasteiger partial charge in [0.15, 0.2) is 0 Å². The van der Waals surface area contributed by atoms with Gasteiger partial charge < -0.3 is 4.90 Å². The summed E-state index contributed by atoms with van der Waals surface area (Å²) in [6, 6.07) is 16.9. The Balaban J connectivity index is 2.20. The van der Waals surface area contributed by atoms with Crippen LogP contribution in [-0.2, 0) is 6.54 Å². The molecule has 0 atom stereocenters. The number of amides is 1. The molecule has 0 unspecified atom stereocenters. The summed E-state index contributed by atoms with van der Waals surface area (Å²) in [5, 5.41) is 0.626. The fourth-order valence-electron chi connectivity index (χ4n) is 2.10. The molecule has 0 fully saturated rings. The average molecular weight is 300 g/mol. The molecule has 0 saturated heterocycles. The second kappa shape index (κ2) is 7.09. The zero-order valence-corrected chi connectivity index (χ0v) is 12.8. The Morgan fingerprint density at radius 1 is 1.10 bits per heavy atom. The van der Waals surface area contributed by atoms with E-state index in [-0.39, 0.29) is 5.91 Å². The minimum absolute atomic E-state index is 0.0153. The third kappa shape index (κ3) is 4.47. The fraction of sp³-hybridized carbons (Fsp3) is 0.167. The van der Waals surface area contributed by atoms with E-state index in [0.717, 1.165) is 11.1 Å². The van der Waals surface area contributed by atoms with Crippen molar-refractivity contribution in [1.82, 2.24) is 4.90 Å². The Morgan fingerprint density at radius 3 is 2.29 bits per heavy atom. The normalized spacial score (nSPS) is 10.2. The van der Waals surface area contributed by atoms with Gasteiger partial charge in [-0.05, 0) is 36.8 Å². The molecule has 0 aliphatic carbocycles. The lowest BCUT2D eigenvalue weighted by Crippen LogP contribution is -2.31. The predicted octanol–water partition coefficient (Wildman–Crippen LogP) is 4.56. The minimum atomic E-state index is -0.0153. The van der Waals surface area contributed by atoms with Crippen LogP contribution in [0.3, 0.4) is 0 Å². The summed E-state index contributed by atoms with van der Waals surface area (Å²) >= 11 is 5.87. The largest absolute Gasteiger partial charge is 0.330 e. The Kier molecular flexibility index (Phi) is 5.18. The molecular weight excluding hydrogens is 282 g/mol. The van der Waals surface area contributed by atoms with Crippen molar-refractivity contribution in [2.24, 2.45) is 0 Å². The summed E-state index contributed by atoms with van der Waals surface area (Å²) in [5.41, 5.74) is 2.69.